The summed E-state index contributed by atoms with van der Waals surface area (Å²) in [6.07, 6.45) is 1.61. The summed E-state index contributed by atoms with van der Waals surface area (Å²) in [6.45, 7) is 4.49. The number of rotatable bonds is 10. The van der Waals surface area contributed by atoms with Crippen molar-refractivity contribution in [3.63, 3.8) is 0 Å². The predicted octanol–water partition coefficient (Wildman–Crippen LogP) is 6.10. The minimum atomic E-state index is -2.67. The molecule has 2 aliphatic rings. The quantitative estimate of drug-likeness (QED) is 0.275. The molecule has 228 valence electrons. The number of amides is 1. The van der Waals surface area contributed by atoms with Crippen molar-refractivity contribution >= 4 is 28.2 Å². The molecule has 1 aromatic heterocycles. The first-order valence-electron chi connectivity index (χ1n) is 14.1. The highest BCUT2D eigenvalue weighted by atomic mass is 19.3. The van der Waals surface area contributed by atoms with Crippen LogP contribution in [0.3, 0.4) is 0 Å². The van der Waals surface area contributed by atoms with E-state index in [1.54, 1.807) is 6.07 Å². The fourth-order valence-electron chi connectivity index (χ4n) is 6.08. The number of aromatic hydroxyl groups is 1. The number of ether oxygens (including phenoxy) is 1. The van der Waals surface area contributed by atoms with Crippen LogP contribution in [0.1, 0.15) is 61.1 Å². The summed E-state index contributed by atoms with van der Waals surface area (Å²) >= 11 is 0. The van der Waals surface area contributed by atoms with Crippen molar-refractivity contribution in [1.82, 2.24) is 14.9 Å². The maximum Gasteiger partial charge on any atom is 0.318 e. The first-order valence-corrected chi connectivity index (χ1v) is 14.1. The van der Waals surface area contributed by atoms with E-state index in [9.17, 15) is 27.5 Å². The lowest BCUT2D eigenvalue weighted by atomic mass is 9.92. The van der Waals surface area contributed by atoms with E-state index in [2.05, 4.69) is 34.2 Å². The molecule has 2 N–H and O–H groups in total. The van der Waals surface area contributed by atoms with Crippen LogP contribution in [-0.4, -0.2) is 71.8 Å². The van der Waals surface area contributed by atoms with Gasteiger partial charge in [0.2, 0.25) is 0 Å². The third kappa shape index (κ3) is 5.95. The van der Waals surface area contributed by atoms with Crippen LogP contribution >= 0.6 is 0 Å². The number of hydrogen-bond acceptors (Lipinski definition) is 7. The zero-order chi connectivity index (χ0) is 30.6. The van der Waals surface area contributed by atoms with Crippen molar-refractivity contribution in [1.29, 1.82) is 0 Å². The summed E-state index contributed by atoms with van der Waals surface area (Å²) in [5.41, 5.74) is 0.911. The van der Waals surface area contributed by atoms with Crippen LogP contribution in [0, 0.1) is 5.82 Å². The smallest absolute Gasteiger partial charge is 0.318 e. The molecule has 42 heavy (non-hydrogen) atoms. The summed E-state index contributed by atoms with van der Waals surface area (Å²) in [6, 6.07) is 5.81. The number of aromatic nitrogens is 2. The van der Waals surface area contributed by atoms with Crippen molar-refractivity contribution in [2.75, 3.05) is 44.1 Å². The molecule has 8 nitrogen and oxygen atoms in total. The van der Waals surface area contributed by atoms with Gasteiger partial charge in [-0.1, -0.05) is 26.3 Å². The Bertz CT molecular complexity index is 1440. The van der Waals surface area contributed by atoms with Crippen LogP contribution in [0.2, 0.25) is 0 Å². The van der Waals surface area contributed by atoms with Gasteiger partial charge in [0.25, 0.3) is 12.3 Å². The Balaban J connectivity index is 0.00000198. The van der Waals surface area contributed by atoms with Crippen LogP contribution in [-0.2, 0) is 13.0 Å². The van der Waals surface area contributed by atoms with Crippen LogP contribution in [0.15, 0.2) is 24.3 Å². The molecule has 0 bridgehead atoms. The molecule has 5 rings (SSSR count). The van der Waals surface area contributed by atoms with Crippen molar-refractivity contribution in [3.8, 4) is 11.8 Å². The van der Waals surface area contributed by atoms with Gasteiger partial charge in [-0.25, -0.2) is 13.2 Å². The van der Waals surface area contributed by atoms with Crippen molar-refractivity contribution in [2.45, 2.75) is 64.5 Å². The molecule has 1 saturated heterocycles. The normalized spacial score (nSPS) is 18.4. The third-order valence-electron chi connectivity index (χ3n) is 8.06. The molecule has 0 spiro atoms. The number of likely N-dealkylation sites (tertiary alicyclic amines) is 1. The Kier molecular flexibility index (Phi) is 9.75. The number of carbonyl (C=O) groups is 1. The van der Waals surface area contributed by atoms with Gasteiger partial charge in [-0.3, -0.25) is 14.1 Å². The molecule has 0 saturated carbocycles. The zero-order valence-electron chi connectivity index (χ0n) is 24.3. The number of benzene rings is 2. The van der Waals surface area contributed by atoms with E-state index in [1.165, 1.54) is 23.1 Å². The molecule has 0 radical (unpaired) electrons. The zero-order valence-corrected chi connectivity index (χ0v) is 24.3. The molecule has 1 unspecified atom stereocenters. The topological polar surface area (TPSA) is 90.8 Å². The molecule has 1 fully saturated rings. The molecule has 2 aromatic carbocycles. The van der Waals surface area contributed by atoms with Gasteiger partial charge in [-0.05, 0) is 62.4 Å². The number of hydrogen-bond donors (Lipinski definition) is 2. The van der Waals surface area contributed by atoms with Gasteiger partial charge in [0.1, 0.15) is 29.6 Å². The third-order valence-corrected chi connectivity index (χ3v) is 8.06. The van der Waals surface area contributed by atoms with Crippen LogP contribution < -0.4 is 15.0 Å². The van der Waals surface area contributed by atoms with Gasteiger partial charge in [0, 0.05) is 11.5 Å². The molecular weight excluding hydrogens is 554 g/mol. The molecule has 12 heteroatoms. The lowest BCUT2D eigenvalue weighted by Gasteiger charge is -2.35. The first kappa shape index (κ1) is 31.3. The number of phenols is 1. The Labute approximate surface area is 242 Å². The summed E-state index contributed by atoms with van der Waals surface area (Å²) in [4.78, 5) is 26.3. The second-order valence-corrected chi connectivity index (χ2v) is 10.6. The van der Waals surface area contributed by atoms with E-state index in [0.717, 1.165) is 32.2 Å². The number of nitrogens with zero attached hydrogens (tertiary/aromatic N) is 4. The summed E-state index contributed by atoms with van der Waals surface area (Å²) < 4.78 is 56.7. The average Bonchev–Trinajstić information content (AvgIpc) is 3.50. The molecule has 3 heterocycles. The van der Waals surface area contributed by atoms with Crippen molar-refractivity contribution in [2.24, 2.45) is 0 Å². The summed E-state index contributed by atoms with van der Waals surface area (Å²) in [7, 11) is 2.56. The summed E-state index contributed by atoms with van der Waals surface area (Å²) in [5.74, 6) is -1.08. The van der Waals surface area contributed by atoms with Gasteiger partial charge < -0.3 is 20.1 Å². The molecule has 1 atom stereocenters. The number of fused-ring (bicyclic) bond motifs is 2. The number of likely N-dealkylation sites (N-methyl/N-ethyl adjacent to an activating group) is 1. The van der Waals surface area contributed by atoms with Crippen LogP contribution in [0.5, 0.6) is 11.8 Å². The minimum Gasteiger partial charge on any atom is -0.508 e. The number of carbonyl (C=O) groups excluding carboxylic acids is 1. The van der Waals surface area contributed by atoms with E-state index in [-0.39, 0.29) is 35.2 Å². The molecule has 3 aromatic rings. The Morgan fingerprint density at radius 3 is 2.60 bits per heavy atom. The van der Waals surface area contributed by atoms with Crippen molar-refractivity contribution in [3.05, 3.63) is 46.9 Å². The maximum atomic E-state index is 14.8. The molecule has 0 aliphatic carbocycles. The van der Waals surface area contributed by atoms with Crippen LogP contribution in [0.4, 0.5) is 29.1 Å². The van der Waals surface area contributed by atoms with Gasteiger partial charge in [0.05, 0.1) is 37.2 Å². The van der Waals surface area contributed by atoms with E-state index in [0.29, 0.717) is 47.9 Å². The SMILES string of the molecule is CCCC1(COc2nc3c(c(NCC(F)F)n2)C(=O)N(c2cc(O)cc4ccc(F)c(CC)c24)C3)CCCN1C.CF. The maximum absolute atomic E-state index is 14.8. The number of halogens is 4. The highest BCUT2D eigenvalue weighted by Gasteiger charge is 2.40. The van der Waals surface area contributed by atoms with Crippen LogP contribution in [0.25, 0.3) is 10.8 Å². The highest BCUT2D eigenvalue weighted by Crippen LogP contribution is 2.40. The largest absolute Gasteiger partial charge is 0.508 e. The average molecular weight is 592 g/mol. The van der Waals surface area contributed by atoms with Gasteiger partial charge >= 0.3 is 6.01 Å². The number of phenolic OH excluding ortho intramolecular Hbond substituents is 1. The van der Waals surface area contributed by atoms with Gasteiger partial charge in [0.15, 0.2) is 0 Å². The molecular formula is C30H37F4N5O3. The predicted molar refractivity (Wildman–Crippen MR) is 154 cm³/mol. The number of aryl methyl sites for hydroxylation is 1. The van der Waals surface area contributed by atoms with Crippen molar-refractivity contribution < 1.29 is 32.2 Å². The second kappa shape index (κ2) is 13.1. The summed E-state index contributed by atoms with van der Waals surface area (Å²) in [5, 5.41) is 14.1. The fourth-order valence-corrected chi connectivity index (χ4v) is 6.08. The number of alkyl halides is 3. The number of nitrogens with one attached hydrogen (secondary N) is 1. The first-order chi connectivity index (χ1) is 20.2. The second-order valence-electron chi connectivity index (χ2n) is 10.6. The number of anilines is 2. The van der Waals surface area contributed by atoms with E-state index in [1.807, 2.05) is 6.92 Å². The standard InChI is InChI=1S/C29H34F3N5O3.CH3F/c1-4-9-29(10-6-11-36(29)3)16-40-28-34-21-15-37(27(39)25(21)26(35-28)33-14-23(31)32)22-13-18(38)12-17-7-8-20(30)19(5-2)24(17)22;1-2/h7-8,12-13,23,38H,4-6,9-11,14-16H2,1-3H3,(H,33,34,35);1H3. The van der Waals surface area contributed by atoms with Gasteiger partial charge in [-0.15, -0.1) is 0 Å². The highest BCUT2D eigenvalue weighted by molar-refractivity contribution is 6.16. The monoisotopic (exact) mass is 591 g/mol. The lowest BCUT2D eigenvalue weighted by molar-refractivity contribution is 0.0825. The fraction of sp³-hybridized carbons (Fsp3) is 0.500. The Morgan fingerprint density at radius 2 is 1.95 bits per heavy atom. The van der Waals surface area contributed by atoms with E-state index in [4.69, 9.17) is 4.74 Å². The Hall–Kier alpha value is -3.67. The molecule has 1 amide bonds. The minimum absolute atomic E-state index is 0.00185. The van der Waals surface area contributed by atoms with Gasteiger partial charge in [-0.2, -0.15) is 9.97 Å². The Morgan fingerprint density at radius 1 is 1.19 bits per heavy atom. The molecule has 2 aliphatic heterocycles. The van der Waals surface area contributed by atoms with E-state index < -0.39 is 24.7 Å². The lowest BCUT2D eigenvalue weighted by Crippen LogP contribution is -2.46. The van der Waals surface area contributed by atoms with E-state index >= 15 is 0 Å².